The Morgan fingerprint density at radius 1 is 1.59 bits per heavy atom. The molecule has 5 nitrogen and oxygen atoms in total. The van der Waals surface area contributed by atoms with E-state index >= 15 is 0 Å². The van der Waals surface area contributed by atoms with Gasteiger partial charge in [-0.15, -0.1) is 11.3 Å². The Morgan fingerprint density at radius 2 is 2.29 bits per heavy atom. The van der Waals surface area contributed by atoms with Gasteiger partial charge in [0.05, 0.1) is 22.0 Å². The summed E-state index contributed by atoms with van der Waals surface area (Å²) in [4.78, 5) is 30.1. The summed E-state index contributed by atoms with van der Waals surface area (Å²) in [5.41, 5.74) is 0.134. The van der Waals surface area contributed by atoms with E-state index < -0.39 is 5.97 Å². The monoisotopic (exact) mass is 269 g/mol. The van der Waals surface area contributed by atoms with Crippen molar-refractivity contribution in [3.8, 4) is 0 Å². The highest BCUT2D eigenvalue weighted by atomic mass is 32.2. The Kier molecular flexibility index (Phi) is 3.21. The molecule has 0 atom stereocenters. The highest BCUT2D eigenvalue weighted by Crippen LogP contribution is 2.26. The predicted octanol–water partition coefficient (Wildman–Crippen LogP) is 0.520. The second kappa shape index (κ2) is 4.50. The fraction of sp³-hybridized carbons (Fsp3) is 0.300. The van der Waals surface area contributed by atoms with Crippen LogP contribution in [0, 0.1) is 6.92 Å². The van der Waals surface area contributed by atoms with Crippen molar-refractivity contribution in [2.24, 2.45) is 0 Å². The van der Waals surface area contributed by atoms with Gasteiger partial charge in [0.25, 0.3) is 5.56 Å². The number of hydrogen-bond donors (Lipinski definition) is 1. The van der Waals surface area contributed by atoms with E-state index in [1.165, 1.54) is 11.8 Å². The number of aromatic nitrogens is 2. The second-order valence-electron chi connectivity index (χ2n) is 3.47. The lowest BCUT2D eigenvalue weighted by Gasteiger charge is -1.98. The Morgan fingerprint density at radius 3 is 2.88 bits per heavy atom. The van der Waals surface area contributed by atoms with Crippen molar-refractivity contribution in [2.45, 2.75) is 12.7 Å². The highest BCUT2D eigenvalue weighted by molar-refractivity contribution is 7.97. The number of aromatic amines is 1. The fourth-order valence-corrected chi connectivity index (χ4v) is 3.03. The van der Waals surface area contributed by atoms with Gasteiger partial charge in [-0.25, -0.2) is 4.98 Å². The van der Waals surface area contributed by atoms with E-state index in [1.807, 2.05) is 6.26 Å². The number of hydrogen-bond acceptors (Lipinski definition) is 6. The summed E-state index contributed by atoms with van der Waals surface area (Å²) in [6.45, 7) is 1.59. The van der Waals surface area contributed by atoms with Crippen molar-refractivity contribution >= 4 is 39.3 Å². The van der Waals surface area contributed by atoms with Gasteiger partial charge in [0.1, 0.15) is 10.7 Å². The predicted molar refractivity (Wildman–Crippen MR) is 66.5 cm³/mol. The van der Waals surface area contributed by atoms with Crippen LogP contribution in [0.4, 0.5) is 0 Å². The zero-order valence-electron chi connectivity index (χ0n) is 9.20. The Labute approximate surface area is 105 Å². The standard InChI is InChI=1S/C10H10N2O3S2/c1-4-6-8(13)11-5(3-16-2)12-9(6)17-7(4)10(14)15/h3H2,1-2H3,(H,14,15)(H,11,12,13)/p-1. The lowest BCUT2D eigenvalue weighted by Crippen LogP contribution is -2.21. The molecular formula is C10H9N2O3S2-. The maximum absolute atomic E-state index is 11.8. The lowest BCUT2D eigenvalue weighted by atomic mass is 10.2. The molecule has 2 rings (SSSR count). The molecule has 0 aliphatic rings. The van der Waals surface area contributed by atoms with Crippen LogP contribution >= 0.6 is 23.1 Å². The first-order chi connectivity index (χ1) is 8.04. The molecule has 1 N–H and O–H groups in total. The van der Waals surface area contributed by atoms with Gasteiger partial charge in [-0.05, 0) is 18.7 Å². The third kappa shape index (κ3) is 2.07. The molecular weight excluding hydrogens is 260 g/mol. The summed E-state index contributed by atoms with van der Waals surface area (Å²) in [5.74, 6) is -0.125. The van der Waals surface area contributed by atoms with E-state index in [9.17, 15) is 14.7 Å². The van der Waals surface area contributed by atoms with Crippen LogP contribution in [0.2, 0.25) is 0 Å². The SMILES string of the molecule is CSCc1nc2sc(C(=O)[O-])c(C)c2c(=O)[nH]1. The van der Waals surface area contributed by atoms with E-state index in [0.29, 0.717) is 27.4 Å². The molecule has 0 unspecified atom stereocenters. The number of carbonyl (C=O) groups is 1. The molecule has 2 aromatic heterocycles. The normalized spacial score (nSPS) is 10.9. The fourth-order valence-electron chi connectivity index (χ4n) is 1.59. The van der Waals surface area contributed by atoms with Gasteiger partial charge in [-0.2, -0.15) is 11.8 Å². The number of carboxylic acids is 1. The Bertz CT molecular complexity index is 645. The van der Waals surface area contributed by atoms with Crippen LogP contribution in [0.5, 0.6) is 0 Å². The van der Waals surface area contributed by atoms with Crippen LogP contribution in [0.25, 0.3) is 10.2 Å². The summed E-state index contributed by atoms with van der Waals surface area (Å²) < 4.78 is 0. The summed E-state index contributed by atoms with van der Waals surface area (Å²) in [6.07, 6.45) is 1.90. The quantitative estimate of drug-likeness (QED) is 0.878. The highest BCUT2D eigenvalue weighted by Gasteiger charge is 2.14. The minimum Gasteiger partial charge on any atom is -0.544 e. The third-order valence-corrected chi connectivity index (χ3v) is 4.04. The molecule has 0 saturated carbocycles. The molecule has 90 valence electrons. The molecule has 0 aliphatic carbocycles. The van der Waals surface area contributed by atoms with Gasteiger partial charge in [-0.3, -0.25) is 4.79 Å². The first-order valence-electron chi connectivity index (χ1n) is 4.77. The van der Waals surface area contributed by atoms with Crippen molar-refractivity contribution in [3.05, 3.63) is 26.6 Å². The summed E-state index contributed by atoms with van der Waals surface area (Å²) in [6, 6.07) is 0. The number of carboxylic acid groups (broad SMARTS) is 1. The van der Waals surface area contributed by atoms with Gasteiger partial charge in [-0.1, -0.05) is 0 Å². The number of rotatable bonds is 3. The summed E-state index contributed by atoms with van der Waals surface area (Å²) in [7, 11) is 0. The van der Waals surface area contributed by atoms with E-state index in [1.54, 1.807) is 6.92 Å². The topological polar surface area (TPSA) is 85.9 Å². The molecule has 0 saturated heterocycles. The molecule has 0 fully saturated rings. The number of thiophene rings is 1. The summed E-state index contributed by atoms with van der Waals surface area (Å²) in [5, 5.41) is 11.2. The number of aromatic carboxylic acids is 1. The second-order valence-corrected chi connectivity index (χ2v) is 5.33. The first-order valence-corrected chi connectivity index (χ1v) is 6.98. The van der Waals surface area contributed by atoms with Crippen molar-refractivity contribution in [3.63, 3.8) is 0 Å². The lowest BCUT2D eigenvalue weighted by molar-refractivity contribution is -0.254. The molecule has 2 heterocycles. The number of thioether (sulfide) groups is 1. The van der Waals surface area contributed by atoms with E-state index in [-0.39, 0.29) is 10.4 Å². The van der Waals surface area contributed by atoms with Gasteiger partial charge < -0.3 is 14.9 Å². The maximum atomic E-state index is 11.8. The molecule has 0 bridgehead atoms. The van der Waals surface area contributed by atoms with Crippen LogP contribution in [0.15, 0.2) is 4.79 Å². The van der Waals surface area contributed by atoms with Crippen LogP contribution < -0.4 is 10.7 Å². The number of fused-ring (bicyclic) bond motifs is 1. The number of nitrogens with one attached hydrogen (secondary N) is 1. The van der Waals surface area contributed by atoms with Gasteiger partial charge in [0, 0.05) is 0 Å². The maximum Gasteiger partial charge on any atom is 0.259 e. The number of aryl methyl sites for hydroxylation is 1. The van der Waals surface area contributed by atoms with Crippen LogP contribution in [-0.4, -0.2) is 22.2 Å². The van der Waals surface area contributed by atoms with Gasteiger partial charge >= 0.3 is 0 Å². The summed E-state index contributed by atoms with van der Waals surface area (Å²) >= 11 is 2.52. The molecule has 7 heteroatoms. The molecule has 0 amide bonds. The minimum absolute atomic E-state index is 0.0688. The smallest absolute Gasteiger partial charge is 0.259 e. The molecule has 0 aliphatic heterocycles. The average Bonchev–Trinajstić information content (AvgIpc) is 2.56. The largest absolute Gasteiger partial charge is 0.544 e. The number of nitrogens with zero attached hydrogens (tertiary/aromatic N) is 1. The van der Waals surface area contributed by atoms with Crippen LogP contribution in [0.1, 0.15) is 21.1 Å². The molecule has 0 spiro atoms. The number of carbonyl (C=O) groups excluding carboxylic acids is 1. The molecule has 0 radical (unpaired) electrons. The van der Waals surface area contributed by atoms with Gasteiger partial charge in [0.15, 0.2) is 0 Å². The van der Waals surface area contributed by atoms with E-state index in [4.69, 9.17) is 0 Å². The number of H-pyrrole nitrogens is 1. The van der Waals surface area contributed by atoms with Gasteiger partial charge in [0.2, 0.25) is 0 Å². The van der Waals surface area contributed by atoms with E-state index in [2.05, 4.69) is 9.97 Å². The Balaban J connectivity index is 2.74. The zero-order valence-corrected chi connectivity index (χ0v) is 10.8. The Hall–Kier alpha value is -1.34. The van der Waals surface area contributed by atoms with Crippen molar-refractivity contribution < 1.29 is 9.90 Å². The van der Waals surface area contributed by atoms with Crippen molar-refractivity contribution in [2.75, 3.05) is 6.26 Å². The van der Waals surface area contributed by atoms with E-state index in [0.717, 1.165) is 11.3 Å². The van der Waals surface area contributed by atoms with Crippen LogP contribution in [-0.2, 0) is 5.75 Å². The minimum atomic E-state index is -1.27. The third-order valence-electron chi connectivity index (χ3n) is 2.32. The molecule has 17 heavy (non-hydrogen) atoms. The first kappa shape index (κ1) is 12.1. The van der Waals surface area contributed by atoms with Crippen LogP contribution in [0.3, 0.4) is 0 Å². The zero-order chi connectivity index (χ0) is 12.6. The average molecular weight is 269 g/mol. The van der Waals surface area contributed by atoms with Crippen molar-refractivity contribution in [1.82, 2.24) is 9.97 Å². The van der Waals surface area contributed by atoms with Crippen molar-refractivity contribution in [1.29, 1.82) is 0 Å². The molecule has 2 aromatic rings. The molecule has 0 aromatic carbocycles.